The Hall–Kier alpha value is -3.82. The Kier molecular flexibility index (Phi) is 10.2. The van der Waals surface area contributed by atoms with E-state index in [0.29, 0.717) is 16.8 Å². The molecule has 0 N–H and O–H groups in total. The molecule has 2 aromatic rings. The largest absolute Gasteiger partial charge is 0.443 e. The van der Waals surface area contributed by atoms with Crippen molar-refractivity contribution in [3.05, 3.63) is 30.4 Å². The number of rotatable bonds is 8. The minimum absolute atomic E-state index is 0.0334. The van der Waals surface area contributed by atoms with Gasteiger partial charge >= 0.3 is 12.2 Å². The van der Waals surface area contributed by atoms with E-state index in [1.807, 2.05) is 0 Å². The summed E-state index contributed by atoms with van der Waals surface area (Å²) in [6, 6.07) is 2.14. The number of hydrogen-bond donors (Lipinski definition) is 0. The van der Waals surface area contributed by atoms with Crippen LogP contribution in [-0.2, 0) is 25.4 Å². The number of methoxy groups -OCH3 is 2. The molecule has 2 aromatic heterocycles. The molecule has 1 aliphatic rings. The van der Waals surface area contributed by atoms with Crippen LogP contribution in [0, 0.1) is 17.2 Å². The average molecular weight is 569 g/mol. The second kappa shape index (κ2) is 13.2. The zero-order valence-electron chi connectivity index (χ0n) is 25.1. The SMILES string of the molecule is COC(Cc1c(-c2cnn(/C(=C\C#N)C3CCCC3)c2)ncnc1N(C(=O)OC(C)(C)C)C(=O)OC(C)(C)C)OC. The summed E-state index contributed by atoms with van der Waals surface area (Å²) < 4.78 is 23.8. The van der Waals surface area contributed by atoms with Gasteiger partial charge in [-0.1, -0.05) is 12.8 Å². The normalized spacial score (nSPS) is 14.7. The molecule has 0 saturated heterocycles. The van der Waals surface area contributed by atoms with Crippen molar-refractivity contribution in [3.63, 3.8) is 0 Å². The Morgan fingerprint density at radius 3 is 2.17 bits per heavy atom. The fraction of sp³-hybridized carbons (Fsp3) is 0.586. The topological polar surface area (TPSA) is 142 Å². The van der Waals surface area contributed by atoms with Crippen molar-refractivity contribution in [2.75, 3.05) is 19.1 Å². The molecule has 0 aromatic carbocycles. The Morgan fingerprint density at radius 2 is 1.66 bits per heavy atom. The minimum atomic E-state index is -0.958. The van der Waals surface area contributed by atoms with Crippen molar-refractivity contribution in [1.82, 2.24) is 19.7 Å². The third-order valence-corrected chi connectivity index (χ3v) is 6.29. The Labute approximate surface area is 241 Å². The number of carbonyl (C=O) groups excluding carboxylic acids is 2. The number of amides is 2. The van der Waals surface area contributed by atoms with Crippen molar-refractivity contribution in [2.24, 2.45) is 5.92 Å². The van der Waals surface area contributed by atoms with Crippen LogP contribution in [0.1, 0.15) is 72.8 Å². The molecule has 2 heterocycles. The number of nitriles is 1. The van der Waals surface area contributed by atoms with Gasteiger partial charge in [0.25, 0.3) is 0 Å². The first-order valence-corrected chi connectivity index (χ1v) is 13.6. The number of aromatic nitrogens is 4. The average Bonchev–Trinajstić information content (AvgIpc) is 3.57. The number of hydrogen-bond acceptors (Lipinski definition) is 10. The second-order valence-electron chi connectivity index (χ2n) is 11.8. The van der Waals surface area contributed by atoms with E-state index in [9.17, 15) is 14.9 Å². The lowest BCUT2D eigenvalue weighted by Crippen LogP contribution is -2.45. The van der Waals surface area contributed by atoms with E-state index in [0.717, 1.165) is 36.3 Å². The number of carbonyl (C=O) groups is 2. The molecule has 3 rings (SSSR count). The van der Waals surface area contributed by atoms with E-state index in [1.54, 1.807) is 58.6 Å². The van der Waals surface area contributed by atoms with Gasteiger partial charge in [0, 0.05) is 50.0 Å². The number of ether oxygens (including phenoxy) is 4. The molecule has 41 heavy (non-hydrogen) atoms. The third-order valence-electron chi connectivity index (χ3n) is 6.29. The molecule has 2 amide bonds. The lowest BCUT2D eigenvalue weighted by atomic mass is 10.0. The van der Waals surface area contributed by atoms with Gasteiger partial charge in [0.15, 0.2) is 12.1 Å². The molecule has 1 aliphatic carbocycles. The first kappa shape index (κ1) is 31.7. The number of anilines is 1. The van der Waals surface area contributed by atoms with Gasteiger partial charge in [0.1, 0.15) is 17.5 Å². The summed E-state index contributed by atoms with van der Waals surface area (Å²) in [5.74, 6) is 0.193. The highest BCUT2D eigenvalue weighted by Crippen LogP contribution is 2.35. The Morgan fingerprint density at radius 1 is 1.07 bits per heavy atom. The first-order valence-electron chi connectivity index (χ1n) is 13.6. The molecule has 0 aliphatic heterocycles. The van der Waals surface area contributed by atoms with E-state index in [4.69, 9.17) is 18.9 Å². The maximum atomic E-state index is 13.4. The molecule has 0 unspecified atom stereocenters. The molecule has 1 saturated carbocycles. The van der Waals surface area contributed by atoms with Gasteiger partial charge in [0.2, 0.25) is 0 Å². The summed E-state index contributed by atoms with van der Waals surface area (Å²) in [7, 11) is 2.96. The molecule has 0 bridgehead atoms. The monoisotopic (exact) mass is 568 g/mol. The molecule has 222 valence electrons. The zero-order chi connectivity index (χ0) is 30.4. The summed E-state index contributed by atoms with van der Waals surface area (Å²) in [5.41, 5.74) is 0.372. The van der Waals surface area contributed by atoms with E-state index in [2.05, 4.69) is 21.1 Å². The highest BCUT2D eigenvalue weighted by atomic mass is 16.7. The van der Waals surface area contributed by atoms with Crippen LogP contribution < -0.4 is 4.90 Å². The van der Waals surface area contributed by atoms with E-state index < -0.39 is 29.7 Å². The number of imide groups is 1. The van der Waals surface area contributed by atoms with Gasteiger partial charge < -0.3 is 18.9 Å². The predicted octanol–water partition coefficient (Wildman–Crippen LogP) is 5.73. The summed E-state index contributed by atoms with van der Waals surface area (Å²) >= 11 is 0. The van der Waals surface area contributed by atoms with Gasteiger partial charge in [-0.3, -0.25) is 0 Å². The molecule has 0 radical (unpaired) electrons. The maximum absolute atomic E-state index is 13.4. The summed E-state index contributed by atoms with van der Waals surface area (Å²) in [5, 5.41) is 14.0. The lowest BCUT2D eigenvalue weighted by Gasteiger charge is -2.29. The summed E-state index contributed by atoms with van der Waals surface area (Å²) in [4.78, 5) is 36.5. The standard InChI is InChI=1S/C29H40N6O6/c1-28(2,3)40-26(36)35(27(37)41-29(4,5)6)25-21(15-23(38-7)39-8)24(31-18-32-25)20-16-33-34(17-20)22(13-14-30)19-11-9-10-12-19/h13,16-19,23H,9-12,15H2,1-8H3/b22-13-. The van der Waals surface area contributed by atoms with Gasteiger partial charge in [-0.15, -0.1) is 0 Å². The van der Waals surface area contributed by atoms with Crippen molar-refractivity contribution < 1.29 is 28.5 Å². The Balaban J connectivity index is 2.19. The Bertz CT molecular complexity index is 1260. The molecule has 12 heteroatoms. The van der Waals surface area contributed by atoms with Crippen LogP contribution in [0.2, 0.25) is 0 Å². The maximum Gasteiger partial charge on any atom is 0.425 e. The first-order chi connectivity index (χ1) is 19.3. The van der Waals surface area contributed by atoms with Crippen molar-refractivity contribution in [1.29, 1.82) is 5.26 Å². The molecule has 0 atom stereocenters. The van der Waals surface area contributed by atoms with Crippen LogP contribution >= 0.6 is 0 Å². The molecular weight excluding hydrogens is 528 g/mol. The van der Waals surface area contributed by atoms with Crippen LogP contribution in [-0.4, -0.2) is 63.6 Å². The third kappa shape index (κ3) is 8.34. The lowest BCUT2D eigenvalue weighted by molar-refractivity contribution is -0.100. The van der Waals surface area contributed by atoms with Crippen molar-refractivity contribution >= 4 is 23.7 Å². The molecular formula is C29H40N6O6. The van der Waals surface area contributed by atoms with Crippen molar-refractivity contribution in [2.45, 2.75) is 91.1 Å². The van der Waals surface area contributed by atoms with Crippen molar-refractivity contribution in [3.8, 4) is 17.3 Å². The number of allylic oxidation sites excluding steroid dienone is 2. The van der Waals surface area contributed by atoms with Gasteiger partial charge in [-0.2, -0.15) is 15.3 Å². The van der Waals surface area contributed by atoms with Crippen LogP contribution in [0.4, 0.5) is 15.4 Å². The van der Waals surface area contributed by atoms with Gasteiger partial charge in [-0.05, 0) is 54.4 Å². The molecule has 0 spiro atoms. The van der Waals surface area contributed by atoms with Gasteiger partial charge in [-0.25, -0.2) is 24.2 Å². The van der Waals surface area contributed by atoms with E-state index in [1.165, 1.54) is 26.6 Å². The number of nitrogens with zero attached hydrogens (tertiary/aromatic N) is 6. The van der Waals surface area contributed by atoms with Crippen LogP contribution in [0.25, 0.3) is 17.0 Å². The summed E-state index contributed by atoms with van der Waals surface area (Å²) in [6.07, 6.45) is 7.75. The second-order valence-corrected chi connectivity index (χ2v) is 11.8. The zero-order valence-corrected chi connectivity index (χ0v) is 25.1. The fourth-order valence-corrected chi connectivity index (χ4v) is 4.57. The smallest absolute Gasteiger partial charge is 0.425 e. The predicted molar refractivity (Wildman–Crippen MR) is 152 cm³/mol. The highest BCUT2D eigenvalue weighted by molar-refractivity contribution is 6.09. The minimum Gasteiger partial charge on any atom is -0.443 e. The van der Waals surface area contributed by atoms with E-state index in [-0.39, 0.29) is 18.2 Å². The van der Waals surface area contributed by atoms with Crippen LogP contribution in [0.15, 0.2) is 24.8 Å². The van der Waals surface area contributed by atoms with Gasteiger partial charge in [0.05, 0.1) is 23.7 Å². The van der Waals surface area contributed by atoms with E-state index >= 15 is 0 Å². The van der Waals surface area contributed by atoms with Crippen LogP contribution in [0.5, 0.6) is 0 Å². The van der Waals surface area contributed by atoms with Crippen LogP contribution in [0.3, 0.4) is 0 Å². The summed E-state index contributed by atoms with van der Waals surface area (Å²) in [6.45, 7) is 10.2. The molecule has 1 fully saturated rings. The molecule has 12 nitrogen and oxygen atoms in total. The fourth-order valence-electron chi connectivity index (χ4n) is 4.57. The highest BCUT2D eigenvalue weighted by Gasteiger charge is 2.36. The quantitative estimate of drug-likeness (QED) is 0.286.